The van der Waals surface area contributed by atoms with E-state index in [-0.39, 0.29) is 5.91 Å². The van der Waals surface area contributed by atoms with E-state index in [0.717, 1.165) is 9.88 Å². The van der Waals surface area contributed by atoms with Gasteiger partial charge in [0.05, 0.1) is 6.26 Å². The Bertz CT molecular complexity index is 488. The van der Waals surface area contributed by atoms with Crippen molar-refractivity contribution in [1.82, 2.24) is 10.3 Å². The smallest absolute Gasteiger partial charge is 0.271 e. The van der Waals surface area contributed by atoms with E-state index in [1.54, 1.807) is 12.3 Å². The molecule has 0 spiro atoms. The van der Waals surface area contributed by atoms with E-state index >= 15 is 0 Å². The molecule has 4 nitrogen and oxygen atoms in total. The van der Waals surface area contributed by atoms with E-state index in [2.05, 4.69) is 10.3 Å². The normalized spacial score (nSPS) is 10.4. The van der Waals surface area contributed by atoms with Gasteiger partial charge in [-0.2, -0.15) is 0 Å². The highest BCUT2D eigenvalue weighted by atomic mass is 32.1. The highest BCUT2D eigenvalue weighted by molar-refractivity contribution is 7.15. The Morgan fingerprint density at radius 1 is 1.62 bits per heavy atom. The van der Waals surface area contributed by atoms with Crippen LogP contribution in [0.1, 0.15) is 22.3 Å². The third kappa shape index (κ3) is 1.99. The molecule has 16 heavy (non-hydrogen) atoms. The van der Waals surface area contributed by atoms with Gasteiger partial charge < -0.3 is 9.73 Å². The monoisotopic (exact) mass is 236 g/mol. The summed E-state index contributed by atoms with van der Waals surface area (Å²) in [5, 5.41) is 3.48. The summed E-state index contributed by atoms with van der Waals surface area (Å²) in [5.74, 6) is 0.567. The molecule has 0 aromatic carbocycles. The van der Waals surface area contributed by atoms with E-state index in [4.69, 9.17) is 4.42 Å². The lowest BCUT2D eigenvalue weighted by Crippen LogP contribution is -2.23. The van der Waals surface area contributed by atoms with Crippen molar-refractivity contribution in [3.05, 3.63) is 29.0 Å². The summed E-state index contributed by atoms with van der Waals surface area (Å²) in [6.07, 6.45) is 1.60. The van der Waals surface area contributed by atoms with Crippen molar-refractivity contribution in [3.8, 4) is 10.8 Å². The first-order valence-corrected chi connectivity index (χ1v) is 5.83. The van der Waals surface area contributed by atoms with Crippen LogP contribution in [0.25, 0.3) is 10.8 Å². The van der Waals surface area contributed by atoms with Crippen molar-refractivity contribution in [3.63, 3.8) is 0 Å². The first-order chi connectivity index (χ1) is 7.72. The molecular formula is C11H12N2O2S. The second-order valence-corrected chi connectivity index (χ2v) is 4.46. The van der Waals surface area contributed by atoms with Crippen molar-refractivity contribution in [2.24, 2.45) is 0 Å². The molecule has 0 bridgehead atoms. The summed E-state index contributed by atoms with van der Waals surface area (Å²) in [4.78, 5) is 16.8. The molecule has 0 aliphatic carbocycles. The Morgan fingerprint density at radius 3 is 3.06 bits per heavy atom. The van der Waals surface area contributed by atoms with Crippen molar-refractivity contribution in [2.75, 3.05) is 6.54 Å². The zero-order valence-electron chi connectivity index (χ0n) is 9.11. The predicted octanol–water partition coefficient (Wildman–Crippen LogP) is 2.46. The summed E-state index contributed by atoms with van der Waals surface area (Å²) in [7, 11) is 0. The molecule has 2 heterocycles. The van der Waals surface area contributed by atoms with Crippen LogP contribution in [0.3, 0.4) is 0 Å². The molecule has 0 fully saturated rings. The van der Waals surface area contributed by atoms with Crippen molar-refractivity contribution in [2.45, 2.75) is 13.8 Å². The quantitative estimate of drug-likeness (QED) is 0.890. The third-order valence-corrected chi connectivity index (χ3v) is 3.07. The van der Waals surface area contributed by atoms with Crippen LogP contribution in [0.5, 0.6) is 0 Å². The summed E-state index contributed by atoms with van der Waals surface area (Å²) < 4.78 is 5.24. The summed E-state index contributed by atoms with van der Waals surface area (Å²) in [6, 6.07) is 3.64. The van der Waals surface area contributed by atoms with Gasteiger partial charge in [0.2, 0.25) is 0 Å². The number of rotatable bonds is 3. The number of nitrogens with zero attached hydrogens (tertiary/aromatic N) is 1. The number of aromatic nitrogens is 1. The predicted molar refractivity (Wildman–Crippen MR) is 62.6 cm³/mol. The van der Waals surface area contributed by atoms with Crippen LogP contribution in [-0.2, 0) is 0 Å². The zero-order chi connectivity index (χ0) is 11.5. The second-order valence-electron chi connectivity index (χ2n) is 3.26. The molecule has 0 saturated heterocycles. The molecule has 1 N–H and O–H groups in total. The molecule has 0 atom stereocenters. The Labute approximate surface area is 97.3 Å². The molecule has 2 aromatic heterocycles. The van der Waals surface area contributed by atoms with Crippen LogP contribution >= 0.6 is 11.3 Å². The number of carbonyl (C=O) groups excluding carboxylic acids is 1. The summed E-state index contributed by atoms with van der Waals surface area (Å²) in [6.45, 7) is 4.37. The van der Waals surface area contributed by atoms with E-state index < -0.39 is 0 Å². The number of furan rings is 1. The number of aryl methyl sites for hydroxylation is 1. The van der Waals surface area contributed by atoms with Crippen LogP contribution in [0, 0.1) is 6.92 Å². The zero-order valence-corrected chi connectivity index (χ0v) is 9.93. The Balaban J connectivity index is 2.32. The van der Waals surface area contributed by atoms with Crippen molar-refractivity contribution in [1.29, 1.82) is 0 Å². The Hall–Kier alpha value is -1.62. The maximum atomic E-state index is 11.7. The maximum absolute atomic E-state index is 11.7. The fraction of sp³-hybridized carbons (Fsp3) is 0.273. The van der Waals surface area contributed by atoms with Crippen LogP contribution in [0.15, 0.2) is 22.8 Å². The van der Waals surface area contributed by atoms with E-state index in [0.29, 0.717) is 18.0 Å². The van der Waals surface area contributed by atoms with E-state index in [1.165, 1.54) is 11.3 Å². The highest BCUT2D eigenvalue weighted by Crippen LogP contribution is 2.27. The number of thiazole rings is 1. The van der Waals surface area contributed by atoms with Gasteiger partial charge in [0.1, 0.15) is 5.69 Å². The van der Waals surface area contributed by atoms with Crippen LogP contribution in [-0.4, -0.2) is 17.4 Å². The maximum Gasteiger partial charge on any atom is 0.271 e. The third-order valence-electron chi connectivity index (χ3n) is 2.08. The van der Waals surface area contributed by atoms with Crippen molar-refractivity contribution >= 4 is 17.2 Å². The molecule has 0 aliphatic heterocycles. The van der Waals surface area contributed by atoms with Gasteiger partial charge >= 0.3 is 0 Å². The van der Waals surface area contributed by atoms with Crippen LogP contribution in [0.4, 0.5) is 0 Å². The SMILES string of the molecule is CCNC(=O)c1nc(-c2ccco2)sc1C. The number of hydrogen-bond donors (Lipinski definition) is 1. The standard InChI is InChI=1S/C11H12N2O2S/c1-3-12-10(14)9-7(2)16-11(13-9)8-5-4-6-15-8/h4-6H,3H2,1-2H3,(H,12,14). The van der Waals surface area contributed by atoms with Crippen molar-refractivity contribution < 1.29 is 9.21 Å². The lowest BCUT2D eigenvalue weighted by molar-refractivity contribution is 0.0951. The van der Waals surface area contributed by atoms with Gasteiger partial charge in [-0.3, -0.25) is 4.79 Å². The minimum absolute atomic E-state index is 0.131. The molecule has 0 unspecified atom stereocenters. The van der Waals surface area contributed by atoms with E-state index in [1.807, 2.05) is 19.9 Å². The molecule has 84 valence electrons. The van der Waals surface area contributed by atoms with Gasteiger partial charge in [0, 0.05) is 11.4 Å². The highest BCUT2D eigenvalue weighted by Gasteiger charge is 2.16. The van der Waals surface area contributed by atoms with Gasteiger partial charge in [-0.25, -0.2) is 4.98 Å². The van der Waals surface area contributed by atoms with Gasteiger partial charge in [0.15, 0.2) is 10.8 Å². The molecule has 0 aliphatic rings. The largest absolute Gasteiger partial charge is 0.462 e. The molecule has 2 rings (SSSR count). The average Bonchev–Trinajstić information content (AvgIpc) is 2.86. The lowest BCUT2D eigenvalue weighted by Gasteiger charge is -1.97. The lowest BCUT2D eigenvalue weighted by atomic mass is 10.3. The van der Waals surface area contributed by atoms with Gasteiger partial charge in [-0.05, 0) is 26.0 Å². The topological polar surface area (TPSA) is 55.1 Å². The van der Waals surface area contributed by atoms with Gasteiger partial charge in [0.25, 0.3) is 5.91 Å². The number of carbonyl (C=O) groups is 1. The number of amides is 1. The number of nitrogens with one attached hydrogen (secondary N) is 1. The summed E-state index contributed by atoms with van der Waals surface area (Å²) >= 11 is 1.46. The van der Waals surface area contributed by atoms with E-state index in [9.17, 15) is 4.79 Å². The number of hydrogen-bond acceptors (Lipinski definition) is 4. The molecule has 0 saturated carbocycles. The van der Waals surface area contributed by atoms with Crippen LogP contribution in [0.2, 0.25) is 0 Å². The minimum atomic E-state index is -0.131. The Kier molecular flexibility index (Phi) is 3.05. The average molecular weight is 236 g/mol. The molecule has 5 heteroatoms. The van der Waals surface area contributed by atoms with Gasteiger partial charge in [-0.15, -0.1) is 11.3 Å². The molecule has 2 aromatic rings. The minimum Gasteiger partial charge on any atom is -0.462 e. The van der Waals surface area contributed by atoms with Gasteiger partial charge in [-0.1, -0.05) is 0 Å². The Morgan fingerprint density at radius 2 is 2.44 bits per heavy atom. The fourth-order valence-electron chi connectivity index (χ4n) is 1.36. The molecule has 0 radical (unpaired) electrons. The molecule has 1 amide bonds. The summed E-state index contributed by atoms with van der Waals surface area (Å²) in [5.41, 5.74) is 0.484. The second kappa shape index (κ2) is 4.49. The first-order valence-electron chi connectivity index (χ1n) is 5.02. The van der Waals surface area contributed by atoms with Crippen LogP contribution < -0.4 is 5.32 Å². The fourth-order valence-corrected chi connectivity index (χ4v) is 2.24. The first kappa shape index (κ1) is 10.9. The molecular weight excluding hydrogens is 224 g/mol.